The Labute approximate surface area is 95.8 Å². The molecule has 7 heteroatoms. The fourth-order valence-electron chi connectivity index (χ4n) is 0.832. The van der Waals surface area contributed by atoms with Gasteiger partial charge in [0, 0.05) is 0 Å². The number of amidine groups is 1. The summed E-state index contributed by atoms with van der Waals surface area (Å²) < 4.78 is 12.8. The van der Waals surface area contributed by atoms with Gasteiger partial charge in [0.2, 0.25) is 5.71 Å². The number of hydrogen-bond donors (Lipinski definition) is 3. The first-order valence-corrected chi connectivity index (χ1v) is 4.45. The molecule has 4 N–H and O–H groups in total. The average molecular weight is 240 g/mol. The Morgan fingerprint density at radius 3 is 2.81 bits per heavy atom. The summed E-state index contributed by atoms with van der Waals surface area (Å²) in [6.45, 7) is 0. The van der Waals surface area contributed by atoms with Crippen molar-refractivity contribution in [2.24, 2.45) is 10.8 Å². The topological polar surface area (TPSA) is 98.0 Å². The van der Waals surface area contributed by atoms with E-state index in [1.807, 2.05) is 0 Å². The van der Waals surface area contributed by atoms with E-state index in [2.05, 4.69) is 10.5 Å². The summed E-state index contributed by atoms with van der Waals surface area (Å²) in [4.78, 5) is 0. The molecule has 0 fully saturated rings. The highest BCUT2D eigenvalue weighted by atomic mass is 35.5. The highest BCUT2D eigenvalue weighted by molar-refractivity contribution is 6.45. The van der Waals surface area contributed by atoms with E-state index < -0.39 is 11.7 Å². The Kier molecular flexibility index (Phi) is 3.80. The predicted molar refractivity (Wildman–Crippen MR) is 60.0 cm³/mol. The molecule has 0 radical (unpaired) electrons. The van der Waals surface area contributed by atoms with Crippen LogP contribution in [-0.2, 0) is 0 Å². The normalized spacial score (nSPS) is 10.7. The Hall–Kier alpha value is -2.13. The summed E-state index contributed by atoms with van der Waals surface area (Å²) in [6.07, 6.45) is 0. The molecule has 5 nitrogen and oxygen atoms in total. The van der Waals surface area contributed by atoms with Gasteiger partial charge in [-0.25, -0.2) is 4.39 Å². The molecule has 1 aromatic rings. The van der Waals surface area contributed by atoms with E-state index >= 15 is 0 Å². The third kappa shape index (κ3) is 2.93. The number of rotatable bonds is 3. The summed E-state index contributed by atoms with van der Waals surface area (Å²) in [6, 6.07) is 5.47. The molecule has 16 heavy (non-hydrogen) atoms. The maximum absolute atomic E-state index is 12.8. The van der Waals surface area contributed by atoms with Crippen LogP contribution in [0.15, 0.2) is 23.3 Å². The molecule has 0 saturated heterocycles. The van der Waals surface area contributed by atoms with Crippen molar-refractivity contribution in [3.05, 3.63) is 29.0 Å². The number of nitrogens with zero attached hydrogens (tertiary/aromatic N) is 2. The van der Waals surface area contributed by atoms with Crippen LogP contribution in [0.3, 0.4) is 0 Å². The first-order chi connectivity index (χ1) is 7.54. The fraction of sp³-hybridized carbons (Fsp3) is 0. The lowest BCUT2D eigenvalue weighted by Gasteiger charge is -2.01. The number of nitrogens with two attached hydrogens (primary N) is 1. The van der Waals surface area contributed by atoms with E-state index in [4.69, 9.17) is 28.0 Å². The standard InChI is InChI=1S/C9H7ClFN5/c10-6-3-5(1-2-7(6)11)15-16-8(4-12)9(13)14/h1-3,15H,(H3,13,14)/b16-8+. The molecule has 0 heterocycles. The highest BCUT2D eigenvalue weighted by Crippen LogP contribution is 2.19. The molecule has 0 aliphatic rings. The minimum absolute atomic E-state index is 0.0680. The second-order valence-corrected chi connectivity index (χ2v) is 3.13. The molecule has 0 amide bonds. The number of anilines is 1. The van der Waals surface area contributed by atoms with Crippen molar-refractivity contribution in [1.29, 1.82) is 10.7 Å². The molecule has 0 aliphatic carbocycles. The molecule has 0 atom stereocenters. The molecule has 0 saturated carbocycles. The number of hydrogen-bond acceptors (Lipinski definition) is 4. The van der Waals surface area contributed by atoms with Crippen LogP contribution in [0.4, 0.5) is 10.1 Å². The maximum Gasteiger partial charge on any atom is 0.201 e. The van der Waals surface area contributed by atoms with Gasteiger partial charge in [-0.05, 0) is 18.2 Å². The van der Waals surface area contributed by atoms with Gasteiger partial charge in [-0.3, -0.25) is 10.8 Å². The molecular formula is C9H7ClFN5. The summed E-state index contributed by atoms with van der Waals surface area (Å²) >= 11 is 5.53. The summed E-state index contributed by atoms with van der Waals surface area (Å²) in [5, 5.41) is 19.0. The van der Waals surface area contributed by atoms with Crippen molar-refractivity contribution in [2.75, 3.05) is 5.43 Å². The van der Waals surface area contributed by atoms with Crippen molar-refractivity contribution in [3.8, 4) is 6.07 Å². The molecule has 1 rings (SSSR count). The Bertz CT molecular complexity index is 491. The second-order valence-electron chi connectivity index (χ2n) is 2.73. The summed E-state index contributed by atoms with van der Waals surface area (Å²) in [5.74, 6) is -1.01. The van der Waals surface area contributed by atoms with E-state index in [9.17, 15) is 4.39 Å². The number of nitrogens with one attached hydrogen (secondary N) is 2. The largest absolute Gasteiger partial charge is 0.382 e. The van der Waals surface area contributed by atoms with Gasteiger partial charge in [-0.15, -0.1) is 0 Å². The van der Waals surface area contributed by atoms with Crippen molar-refractivity contribution >= 4 is 28.8 Å². The lowest BCUT2D eigenvalue weighted by Crippen LogP contribution is -2.21. The van der Waals surface area contributed by atoms with Crippen LogP contribution in [-0.4, -0.2) is 11.5 Å². The van der Waals surface area contributed by atoms with Gasteiger partial charge >= 0.3 is 0 Å². The Balaban J connectivity index is 2.86. The van der Waals surface area contributed by atoms with Gasteiger partial charge in [0.05, 0.1) is 10.7 Å². The first kappa shape index (κ1) is 11.9. The number of halogens is 2. The van der Waals surface area contributed by atoms with Gasteiger partial charge in [0.1, 0.15) is 11.9 Å². The van der Waals surface area contributed by atoms with Crippen molar-refractivity contribution in [3.63, 3.8) is 0 Å². The zero-order chi connectivity index (χ0) is 12.1. The molecule has 0 aliphatic heterocycles. The Morgan fingerprint density at radius 2 is 2.31 bits per heavy atom. The van der Waals surface area contributed by atoms with E-state index in [-0.39, 0.29) is 10.7 Å². The van der Waals surface area contributed by atoms with E-state index in [1.54, 1.807) is 6.07 Å². The van der Waals surface area contributed by atoms with Crippen molar-refractivity contribution in [1.82, 2.24) is 0 Å². The van der Waals surface area contributed by atoms with Crippen LogP contribution in [0.25, 0.3) is 0 Å². The van der Waals surface area contributed by atoms with Crippen LogP contribution < -0.4 is 11.2 Å². The monoisotopic (exact) mass is 239 g/mol. The molecule has 0 spiro atoms. The zero-order valence-corrected chi connectivity index (χ0v) is 8.72. The highest BCUT2D eigenvalue weighted by Gasteiger charge is 2.02. The van der Waals surface area contributed by atoms with Crippen LogP contribution in [0.1, 0.15) is 0 Å². The number of hydrazone groups is 1. The third-order valence-corrected chi connectivity index (χ3v) is 1.87. The second kappa shape index (κ2) is 5.09. The zero-order valence-electron chi connectivity index (χ0n) is 7.96. The minimum atomic E-state index is -0.553. The quantitative estimate of drug-likeness (QED) is 0.425. The Morgan fingerprint density at radius 1 is 1.62 bits per heavy atom. The van der Waals surface area contributed by atoms with Gasteiger partial charge < -0.3 is 5.73 Å². The molecule has 0 unspecified atom stereocenters. The maximum atomic E-state index is 12.8. The van der Waals surface area contributed by atoms with Crippen LogP contribution >= 0.6 is 11.6 Å². The molecular weight excluding hydrogens is 233 g/mol. The molecule has 1 aromatic carbocycles. The van der Waals surface area contributed by atoms with Crippen LogP contribution in [0.5, 0.6) is 0 Å². The SMILES string of the molecule is N#C/C(=N\Nc1ccc(F)c(Cl)c1)C(=N)N. The number of benzene rings is 1. The van der Waals surface area contributed by atoms with E-state index in [1.165, 1.54) is 12.1 Å². The van der Waals surface area contributed by atoms with E-state index in [0.717, 1.165) is 6.07 Å². The summed E-state index contributed by atoms with van der Waals surface area (Å²) in [5.41, 5.74) is 7.63. The predicted octanol–water partition coefficient (Wildman–Crippen LogP) is 1.71. The molecule has 0 aromatic heterocycles. The number of nitriles is 1. The van der Waals surface area contributed by atoms with E-state index in [0.29, 0.717) is 5.69 Å². The van der Waals surface area contributed by atoms with Gasteiger partial charge in [0.15, 0.2) is 5.84 Å². The average Bonchev–Trinajstić information content (AvgIpc) is 2.23. The molecule has 0 bridgehead atoms. The minimum Gasteiger partial charge on any atom is -0.382 e. The lowest BCUT2D eigenvalue weighted by molar-refractivity contribution is 0.628. The van der Waals surface area contributed by atoms with Gasteiger partial charge in [-0.1, -0.05) is 11.6 Å². The molecule has 82 valence electrons. The van der Waals surface area contributed by atoms with Crippen molar-refractivity contribution < 1.29 is 4.39 Å². The van der Waals surface area contributed by atoms with Crippen LogP contribution in [0.2, 0.25) is 5.02 Å². The lowest BCUT2D eigenvalue weighted by atomic mass is 10.3. The van der Waals surface area contributed by atoms with Crippen molar-refractivity contribution in [2.45, 2.75) is 0 Å². The van der Waals surface area contributed by atoms with Gasteiger partial charge in [-0.2, -0.15) is 10.4 Å². The third-order valence-electron chi connectivity index (χ3n) is 1.58. The van der Waals surface area contributed by atoms with Gasteiger partial charge in [0.25, 0.3) is 0 Å². The first-order valence-electron chi connectivity index (χ1n) is 4.08. The van der Waals surface area contributed by atoms with Crippen LogP contribution in [0, 0.1) is 22.6 Å². The fourth-order valence-corrected chi connectivity index (χ4v) is 1.01. The summed E-state index contributed by atoms with van der Waals surface area (Å²) in [7, 11) is 0. The smallest absolute Gasteiger partial charge is 0.201 e.